The van der Waals surface area contributed by atoms with Crippen molar-refractivity contribution in [2.24, 2.45) is 5.92 Å². The topological polar surface area (TPSA) is 59.8 Å². The Morgan fingerprint density at radius 3 is 2.67 bits per heavy atom. The normalized spacial score (nSPS) is 18.9. The average Bonchev–Trinajstić information content (AvgIpc) is 3.18. The van der Waals surface area contributed by atoms with E-state index in [0.29, 0.717) is 17.7 Å². The van der Waals surface area contributed by atoms with Crippen molar-refractivity contribution in [1.29, 1.82) is 0 Å². The van der Waals surface area contributed by atoms with Gasteiger partial charge in [-0.25, -0.2) is 0 Å². The zero-order valence-electron chi connectivity index (χ0n) is 17.5. The van der Waals surface area contributed by atoms with E-state index in [4.69, 9.17) is 0 Å². The second-order valence-electron chi connectivity index (χ2n) is 8.07. The standard InChI is InChI=1S/C24H28N4OS/c1-17-9-8-11-19(15-17)23-26-27-24(28(23)20-12-4-3-5-13-20)30-16-22(29)25-21-14-7-6-10-18(21)2/h3-5,8-9,11-13,15,18,21H,6-7,10,14,16H2,1-2H3,(H,25,29)/t18-,21-/m1/s1. The molecule has 2 aromatic carbocycles. The lowest BCUT2D eigenvalue weighted by Crippen LogP contribution is -2.41. The number of nitrogens with one attached hydrogen (secondary N) is 1. The lowest BCUT2D eigenvalue weighted by molar-refractivity contribution is -0.119. The summed E-state index contributed by atoms with van der Waals surface area (Å²) in [4.78, 5) is 12.6. The largest absolute Gasteiger partial charge is 0.352 e. The average molecular weight is 421 g/mol. The van der Waals surface area contributed by atoms with Crippen LogP contribution < -0.4 is 5.32 Å². The number of amides is 1. The Bertz CT molecular complexity index is 1000. The highest BCUT2D eigenvalue weighted by Gasteiger charge is 2.23. The van der Waals surface area contributed by atoms with E-state index < -0.39 is 0 Å². The van der Waals surface area contributed by atoms with Gasteiger partial charge in [-0.15, -0.1) is 10.2 Å². The van der Waals surface area contributed by atoms with Gasteiger partial charge in [0.2, 0.25) is 5.91 Å². The van der Waals surface area contributed by atoms with Crippen LogP contribution in [-0.2, 0) is 4.79 Å². The first-order chi connectivity index (χ1) is 14.6. The summed E-state index contributed by atoms with van der Waals surface area (Å²) in [7, 11) is 0. The summed E-state index contributed by atoms with van der Waals surface area (Å²) >= 11 is 1.44. The van der Waals surface area contributed by atoms with E-state index in [9.17, 15) is 4.79 Å². The second-order valence-corrected chi connectivity index (χ2v) is 9.01. The van der Waals surface area contributed by atoms with E-state index in [0.717, 1.165) is 28.7 Å². The number of aryl methyl sites for hydroxylation is 1. The smallest absolute Gasteiger partial charge is 0.230 e. The third kappa shape index (κ3) is 4.75. The summed E-state index contributed by atoms with van der Waals surface area (Å²) in [5.74, 6) is 1.74. The highest BCUT2D eigenvalue weighted by molar-refractivity contribution is 7.99. The molecule has 0 unspecified atom stereocenters. The van der Waals surface area contributed by atoms with E-state index in [1.165, 1.54) is 36.6 Å². The van der Waals surface area contributed by atoms with Crippen molar-refractivity contribution >= 4 is 17.7 Å². The van der Waals surface area contributed by atoms with E-state index in [2.05, 4.69) is 41.5 Å². The van der Waals surface area contributed by atoms with Crippen LogP contribution in [0, 0.1) is 12.8 Å². The lowest BCUT2D eigenvalue weighted by atomic mass is 9.86. The van der Waals surface area contributed by atoms with Gasteiger partial charge in [-0.2, -0.15) is 0 Å². The van der Waals surface area contributed by atoms with Gasteiger partial charge in [0.1, 0.15) is 0 Å². The number of hydrogen-bond donors (Lipinski definition) is 1. The van der Waals surface area contributed by atoms with Gasteiger partial charge in [-0.1, -0.05) is 73.5 Å². The number of nitrogens with zero attached hydrogens (tertiary/aromatic N) is 3. The number of benzene rings is 2. The van der Waals surface area contributed by atoms with Crippen molar-refractivity contribution in [1.82, 2.24) is 20.1 Å². The zero-order valence-corrected chi connectivity index (χ0v) is 18.4. The van der Waals surface area contributed by atoms with Crippen LogP contribution in [0.1, 0.15) is 38.2 Å². The molecule has 1 saturated carbocycles. The molecule has 30 heavy (non-hydrogen) atoms. The minimum atomic E-state index is 0.0680. The van der Waals surface area contributed by atoms with Crippen molar-refractivity contribution < 1.29 is 4.79 Å². The van der Waals surface area contributed by atoms with Crippen LogP contribution in [0.2, 0.25) is 0 Å². The van der Waals surface area contributed by atoms with Crippen LogP contribution in [0.4, 0.5) is 0 Å². The molecule has 1 fully saturated rings. The predicted molar refractivity (Wildman–Crippen MR) is 122 cm³/mol. The van der Waals surface area contributed by atoms with Crippen molar-refractivity contribution in [3.63, 3.8) is 0 Å². The van der Waals surface area contributed by atoms with Crippen LogP contribution in [-0.4, -0.2) is 32.5 Å². The maximum absolute atomic E-state index is 12.6. The van der Waals surface area contributed by atoms with E-state index in [1.807, 2.05) is 47.0 Å². The second kappa shape index (κ2) is 9.47. The molecule has 3 aromatic rings. The van der Waals surface area contributed by atoms with Crippen LogP contribution >= 0.6 is 11.8 Å². The molecule has 0 radical (unpaired) electrons. The summed E-state index contributed by atoms with van der Waals surface area (Å²) in [5, 5.41) is 12.9. The summed E-state index contributed by atoms with van der Waals surface area (Å²) in [6, 6.07) is 18.6. The number of para-hydroxylation sites is 1. The molecule has 1 amide bonds. The number of carbonyl (C=O) groups excluding carboxylic acids is 1. The quantitative estimate of drug-likeness (QED) is 0.568. The third-order valence-electron chi connectivity index (χ3n) is 5.71. The molecule has 2 atom stereocenters. The molecule has 1 heterocycles. The summed E-state index contributed by atoms with van der Waals surface area (Å²) in [6.45, 7) is 4.30. The molecule has 1 aliphatic carbocycles. The Kier molecular flexibility index (Phi) is 6.53. The number of rotatable bonds is 6. The molecule has 6 heteroatoms. The van der Waals surface area contributed by atoms with E-state index >= 15 is 0 Å². The van der Waals surface area contributed by atoms with Gasteiger partial charge in [-0.05, 0) is 43.9 Å². The number of thioether (sulfide) groups is 1. The van der Waals surface area contributed by atoms with Crippen LogP contribution in [0.15, 0.2) is 59.8 Å². The maximum atomic E-state index is 12.6. The number of hydrogen-bond acceptors (Lipinski definition) is 4. The van der Waals surface area contributed by atoms with Gasteiger partial charge in [-0.3, -0.25) is 9.36 Å². The first-order valence-electron chi connectivity index (χ1n) is 10.6. The molecule has 4 rings (SSSR count). The summed E-state index contributed by atoms with van der Waals surface area (Å²) in [6.07, 6.45) is 4.74. The fraction of sp³-hybridized carbons (Fsp3) is 0.375. The monoisotopic (exact) mass is 420 g/mol. The number of carbonyl (C=O) groups is 1. The molecular weight excluding hydrogens is 392 g/mol. The van der Waals surface area contributed by atoms with Gasteiger partial charge in [0, 0.05) is 17.3 Å². The molecule has 1 aliphatic rings. The maximum Gasteiger partial charge on any atom is 0.230 e. The minimum Gasteiger partial charge on any atom is -0.352 e. The Balaban J connectivity index is 1.55. The zero-order chi connectivity index (χ0) is 20.9. The van der Waals surface area contributed by atoms with Gasteiger partial charge in [0.15, 0.2) is 11.0 Å². The summed E-state index contributed by atoms with van der Waals surface area (Å²) in [5.41, 5.74) is 3.17. The highest BCUT2D eigenvalue weighted by atomic mass is 32.2. The molecule has 0 saturated heterocycles. The predicted octanol–water partition coefficient (Wildman–Crippen LogP) is 5.03. The fourth-order valence-corrected chi connectivity index (χ4v) is 4.82. The van der Waals surface area contributed by atoms with Gasteiger partial charge < -0.3 is 5.32 Å². The Morgan fingerprint density at radius 2 is 1.90 bits per heavy atom. The molecule has 5 nitrogen and oxygen atoms in total. The number of aromatic nitrogens is 3. The molecule has 156 valence electrons. The first-order valence-corrected chi connectivity index (χ1v) is 11.6. The molecule has 1 aromatic heterocycles. The summed E-state index contributed by atoms with van der Waals surface area (Å²) < 4.78 is 2.04. The van der Waals surface area contributed by atoms with E-state index in [-0.39, 0.29) is 5.91 Å². The molecule has 0 bridgehead atoms. The Morgan fingerprint density at radius 1 is 1.10 bits per heavy atom. The molecule has 1 N–H and O–H groups in total. The SMILES string of the molecule is Cc1cccc(-c2nnc(SCC(=O)N[C@@H]3CCCC[C@H]3C)n2-c2ccccc2)c1. The first kappa shape index (κ1) is 20.7. The van der Waals surface area contributed by atoms with Crippen LogP contribution in [0.3, 0.4) is 0 Å². The molecular formula is C24H28N4OS. The van der Waals surface area contributed by atoms with Crippen molar-refractivity contribution in [2.45, 2.75) is 50.7 Å². The van der Waals surface area contributed by atoms with Crippen molar-refractivity contribution in [3.05, 3.63) is 60.2 Å². The van der Waals surface area contributed by atoms with Gasteiger partial charge >= 0.3 is 0 Å². The fourth-order valence-electron chi connectivity index (χ4n) is 4.05. The Labute approximate surface area is 182 Å². The lowest BCUT2D eigenvalue weighted by Gasteiger charge is -2.29. The Hall–Kier alpha value is -2.60. The van der Waals surface area contributed by atoms with Crippen LogP contribution in [0.25, 0.3) is 17.1 Å². The molecule has 0 spiro atoms. The van der Waals surface area contributed by atoms with Gasteiger partial charge in [0.05, 0.1) is 5.75 Å². The van der Waals surface area contributed by atoms with Crippen molar-refractivity contribution in [3.8, 4) is 17.1 Å². The molecule has 0 aliphatic heterocycles. The van der Waals surface area contributed by atoms with Gasteiger partial charge in [0.25, 0.3) is 0 Å². The third-order valence-corrected chi connectivity index (χ3v) is 6.64. The van der Waals surface area contributed by atoms with Crippen LogP contribution in [0.5, 0.6) is 0 Å². The minimum absolute atomic E-state index is 0.0680. The highest BCUT2D eigenvalue weighted by Crippen LogP contribution is 2.29. The van der Waals surface area contributed by atoms with Crippen molar-refractivity contribution in [2.75, 3.05) is 5.75 Å². The van der Waals surface area contributed by atoms with E-state index in [1.54, 1.807) is 0 Å².